The zero-order valence-electron chi connectivity index (χ0n) is 18.1. The minimum atomic E-state index is -0.667. The Morgan fingerprint density at radius 3 is 2.81 bits per heavy atom. The van der Waals surface area contributed by atoms with E-state index in [0.717, 1.165) is 54.1 Å². The molecule has 1 atom stereocenters. The lowest BCUT2D eigenvalue weighted by Crippen LogP contribution is -2.37. The molecule has 0 bridgehead atoms. The Morgan fingerprint density at radius 2 is 1.94 bits per heavy atom. The number of para-hydroxylation sites is 1. The quantitative estimate of drug-likeness (QED) is 0.447. The van der Waals surface area contributed by atoms with Crippen molar-refractivity contribution in [1.82, 2.24) is 10.3 Å². The Balaban J connectivity index is 1.23. The van der Waals surface area contributed by atoms with E-state index in [1.54, 1.807) is 13.0 Å². The highest BCUT2D eigenvalue weighted by molar-refractivity contribution is 5.84. The van der Waals surface area contributed by atoms with Gasteiger partial charge in [-0.2, -0.15) is 0 Å². The number of benzene rings is 2. The van der Waals surface area contributed by atoms with Gasteiger partial charge in [-0.05, 0) is 68.4 Å². The van der Waals surface area contributed by atoms with Gasteiger partial charge in [-0.3, -0.25) is 4.79 Å². The van der Waals surface area contributed by atoms with Crippen molar-refractivity contribution in [2.75, 3.05) is 6.54 Å². The van der Waals surface area contributed by atoms with Crippen molar-refractivity contribution in [2.45, 2.75) is 45.1 Å². The standard InChI is InChI=1S/C26H26N2O4/c1-16(25(29)27-13-12-17-15-28-23-9-5-4-6-19(17)23)31-18-10-11-21-20-7-2-3-8-22(20)26(30)32-24(21)14-18/h4-6,9-11,14-16,28H,2-3,7-8,12-13H2,1H3,(H,27,29)/t16-/m0/s1. The van der Waals surface area contributed by atoms with E-state index in [4.69, 9.17) is 9.15 Å². The third-order valence-electron chi connectivity index (χ3n) is 6.25. The van der Waals surface area contributed by atoms with E-state index in [9.17, 15) is 9.59 Å². The number of ether oxygens (including phenoxy) is 1. The fraction of sp³-hybridized carbons (Fsp3) is 0.308. The summed E-state index contributed by atoms with van der Waals surface area (Å²) in [5.74, 6) is 0.326. The number of fused-ring (bicyclic) bond motifs is 4. The highest BCUT2D eigenvalue weighted by Crippen LogP contribution is 2.29. The predicted octanol–water partition coefficient (Wildman–Crippen LogP) is 4.28. The molecule has 6 nitrogen and oxygen atoms in total. The summed E-state index contributed by atoms with van der Waals surface area (Å²) in [6.07, 6.45) is 5.83. The average molecular weight is 431 g/mol. The number of nitrogens with one attached hydrogen (secondary N) is 2. The van der Waals surface area contributed by atoms with Crippen LogP contribution in [0.1, 0.15) is 36.5 Å². The van der Waals surface area contributed by atoms with E-state index in [2.05, 4.69) is 16.4 Å². The zero-order valence-corrected chi connectivity index (χ0v) is 18.1. The number of hydrogen-bond acceptors (Lipinski definition) is 4. The van der Waals surface area contributed by atoms with Gasteiger partial charge in [-0.15, -0.1) is 0 Å². The van der Waals surface area contributed by atoms with Crippen LogP contribution in [0.3, 0.4) is 0 Å². The molecule has 2 aromatic carbocycles. The number of rotatable bonds is 6. The summed E-state index contributed by atoms with van der Waals surface area (Å²) in [5, 5.41) is 5.07. The number of hydrogen-bond donors (Lipinski definition) is 2. The van der Waals surface area contributed by atoms with Crippen LogP contribution in [0.15, 0.2) is 57.9 Å². The maximum Gasteiger partial charge on any atom is 0.339 e. The molecule has 164 valence electrons. The van der Waals surface area contributed by atoms with Crippen molar-refractivity contribution in [3.05, 3.63) is 75.8 Å². The summed E-state index contributed by atoms with van der Waals surface area (Å²) < 4.78 is 11.4. The van der Waals surface area contributed by atoms with Gasteiger partial charge in [-0.1, -0.05) is 18.2 Å². The van der Waals surface area contributed by atoms with Crippen LogP contribution in [0.2, 0.25) is 0 Å². The molecule has 2 N–H and O–H groups in total. The second-order valence-corrected chi connectivity index (χ2v) is 8.37. The molecule has 4 aromatic rings. The van der Waals surface area contributed by atoms with Gasteiger partial charge in [0.2, 0.25) is 0 Å². The van der Waals surface area contributed by atoms with Crippen LogP contribution in [0.4, 0.5) is 0 Å². The fourth-order valence-electron chi connectivity index (χ4n) is 4.56. The Morgan fingerprint density at radius 1 is 1.12 bits per heavy atom. The van der Waals surface area contributed by atoms with Crippen LogP contribution in [0.25, 0.3) is 21.9 Å². The molecule has 0 saturated heterocycles. The summed E-state index contributed by atoms with van der Waals surface area (Å²) in [6, 6.07) is 13.6. The summed E-state index contributed by atoms with van der Waals surface area (Å²) in [7, 11) is 0. The van der Waals surface area contributed by atoms with Gasteiger partial charge < -0.3 is 19.5 Å². The number of H-pyrrole nitrogens is 1. The minimum Gasteiger partial charge on any atom is -0.481 e. The third-order valence-corrected chi connectivity index (χ3v) is 6.25. The van der Waals surface area contributed by atoms with Gasteiger partial charge >= 0.3 is 5.63 Å². The lowest BCUT2D eigenvalue weighted by Gasteiger charge is -2.17. The van der Waals surface area contributed by atoms with Gasteiger partial charge in [0.25, 0.3) is 5.91 Å². The van der Waals surface area contributed by atoms with Gasteiger partial charge in [0.05, 0.1) is 0 Å². The van der Waals surface area contributed by atoms with Crippen LogP contribution < -0.4 is 15.7 Å². The highest BCUT2D eigenvalue weighted by Gasteiger charge is 2.19. The molecule has 2 aromatic heterocycles. The molecular weight excluding hydrogens is 404 g/mol. The molecule has 1 aliphatic rings. The maximum atomic E-state index is 12.5. The first-order chi connectivity index (χ1) is 15.6. The lowest BCUT2D eigenvalue weighted by molar-refractivity contribution is -0.127. The number of aromatic nitrogens is 1. The number of aromatic amines is 1. The Kier molecular flexibility index (Phi) is 5.43. The van der Waals surface area contributed by atoms with E-state index >= 15 is 0 Å². The van der Waals surface area contributed by atoms with Gasteiger partial charge in [0, 0.05) is 40.7 Å². The monoisotopic (exact) mass is 430 g/mol. The molecule has 0 saturated carbocycles. The van der Waals surface area contributed by atoms with E-state index < -0.39 is 6.10 Å². The lowest BCUT2D eigenvalue weighted by atomic mass is 9.91. The van der Waals surface area contributed by atoms with E-state index in [1.807, 2.05) is 36.5 Å². The molecule has 5 rings (SSSR count). The first kappa shape index (κ1) is 20.4. The molecule has 0 fully saturated rings. The van der Waals surface area contributed by atoms with Crippen molar-refractivity contribution in [3.8, 4) is 5.75 Å². The summed E-state index contributed by atoms with van der Waals surface area (Å²) in [5.41, 5.74) is 4.42. The van der Waals surface area contributed by atoms with Gasteiger partial charge in [0.1, 0.15) is 11.3 Å². The van der Waals surface area contributed by atoms with E-state index in [1.165, 1.54) is 10.9 Å². The second-order valence-electron chi connectivity index (χ2n) is 8.37. The zero-order chi connectivity index (χ0) is 22.1. The first-order valence-corrected chi connectivity index (χ1v) is 11.2. The van der Waals surface area contributed by atoms with Gasteiger partial charge in [0.15, 0.2) is 6.10 Å². The molecular formula is C26H26N2O4. The number of carbonyl (C=O) groups excluding carboxylic acids is 1. The average Bonchev–Trinajstić information content (AvgIpc) is 3.22. The molecule has 1 aliphatic carbocycles. The fourth-order valence-corrected chi connectivity index (χ4v) is 4.56. The summed E-state index contributed by atoms with van der Waals surface area (Å²) in [6.45, 7) is 2.24. The third kappa shape index (κ3) is 3.88. The van der Waals surface area contributed by atoms with Gasteiger partial charge in [-0.25, -0.2) is 4.79 Å². The molecule has 1 amide bonds. The summed E-state index contributed by atoms with van der Waals surface area (Å²) >= 11 is 0. The van der Waals surface area contributed by atoms with Crippen LogP contribution in [0, 0.1) is 0 Å². The number of amides is 1. The van der Waals surface area contributed by atoms with Crippen LogP contribution >= 0.6 is 0 Å². The smallest absolute Gasteiger partial charge is 0.339 e. The van der Waals surface area contributed by atoms with E-state index in [0.29, 0.717) is 17.9 Å². The Labute approximate surface area is 185 Å². The molecule has 0 aliphatic heterocycles. The van der Waals surface area contributed by atoms with E-state index in [-0.39, 0.29) is 11.5 Å². The van der Waals surface area contributed by atoms with Crippen LogP contribution in [-0.4, -0.2) is 23.5 Å². The van der Waals surface area contributed by atoms with Crippen molar-refractivity contribution >= 4 is 27.8 Å². The molecule has 6 heteroatoms. The molecule has 0 spiro atoms. The normalized spacial score (nSPS) is 14.3. The SMILES string of the molecule is C[C@H](Oc1ccc2c3c(c(=O)oc2c1)CCCC3)C(=O)NCCc1c[nH]c2ccccc12. The Hall–Kier alpha value is -3.54. The van der Waals surface area contributed by atoms with Crippen molar-refractivity contribution in [1.29, 1.82) is 0 Å². The Bertz CT molecular complexity index is 1350. The summed E-state index contributed by atoms with van der Waals surface area (Å²) in [4.78, 5) is 28.1. The molecule has 32 heavy (non-hydrogen) atoms. The largest absolute Gasteiger partial charge is 0.481 e. The predicted molar refractivity (Wildman–Crippen MR) is 124 cm³/mol. The minimum absolute atomic E-state index is 0.183. The van der Waals surface area contributed by atoms with Crippen molar-refractivity contribution in [3.63, 3.8) is 0 Å². The van der Waals surface area contributed by atoms with Crippen LogP contribution in [-0.2, 0) is 24.1 Å². The first-order valence-electron chi connectivity index (χ1n) is 11.2. The van der Waals surface area contributed by atoms with Crippen molar-refractivity contribution < 1.29 is 13.9 Å². The highest BCUT2D eigenvalue weighted by atomic mass is 16.5. The maximum absolute atomic E-state index is 12.5. The number of aryl methyl sites for hydroxylation is 1. The molecule has 0 unspecified atom stereocenters. The molecule has 2 heterocycles. The second kappa shape index (κ2) is 8.54. The van der Waals surface area contributed by atoms with Crippen LogP contribution in [0.5, 0.6) is 5.75 Å². The topological polar surface area (TPSA) is 84.3 Å². The van der Waals surface area contributed by atoms with Crippen molar-refractivity contribution in [2.24, 2.45) is 0 Å². The number of carbonyl (C=O) groups is 1. The molecule has 0 radical (unpaired) electrons.